The Kier molecular flexibility index (Phi) is 4.83. The number of ether oxygens (including phenoxy) is 2. The van der Waals surface area contributed by atoms with Crippen molar-refractivity contribution in [2.45, 2.75) is 37.8 Å². The number of hydrogen-bond acceptors (Lipinski definition) is 6. The maximum absolute atomic E-state index is 11.3. The summed E-state index contributed by atoms with van der Waals surface area (Å²) in [5.74, 6) is -1.83. The summed E-state index contributed by atoms with van der Waals surface area (Å²) in [6.45, 7) is 1.30. The van der Waals surface area contributed by atoms with Gasteiger partial charge in [0.25, 0.3) is 0 Å². The fraction of sp³-hybridized carbons (Fsp3) is 0.636. The van der Waals surface area contributed by atoms with Crippen molar-refractivity contribution in [3.63, 3.8) is 0 Å². The molecule has 0 bridgehead atoms. The third kappa shape index (κ3) is 3.28. The number of rotatable bonds is 4. The molecule has 0 unspecified atom stereocenters. The molecule has 0 radical (unpaired) electrons. The lowest BCUT2D eigenvalue weighted by Crippen LogP contribution is -2.45. The van der Waals surface area contributed by atoms with E-state index in [1.165, 1.54) is 20.1 Å². The molecule has 7 nitrogen and oxygen atoms in total. The summed E-state index contributed by atoms with van der Waals surface area (Å²) in [6.07, 6.45) is -3.51. The molecule has 0 saturated carbocycles. The summed E-state index contributed by atoms with van der Waals surface area (Å²) < 4.78 is 9.60. The molecule has 0 aromatic rings. The molecule has 1 rings (SSSR count). The molecule has 0 aliphatic heterocycles. The maximum atomic E-state index is 11.3. The number of carboxylic acids is 1. The number of esters is 1. The lowest BCUT2D eigenvalue weighted by Gasteiger charge is -2.31. The highest BCUT2D eigenvalue weighted by atomic mass is 16.5. The van der Waals surface area contributed by atoms with Gasteiger partial charge in [-0.05, 0) is 13.0 Å². The number of hydrogen-bond donors (Lipinski definition) is 3. The molecule has 18 heavy (non-hydrogen) atoms. The van der Waals surface area contributed by atoms with E-state index in [-0.39, 0.29) is 12.0 Å². The van der Waals surface area contributed by atoms with E-state index >= 15 is 0 Å². The SMILES string of the molecule is COC(=O)C1=C[C@H](O)[C@H](O)[C@H](O[C@H](C)C(=O)O)C1. The van der Waals surface area contributed by atoms with Crippen LogP contribution < -0.4 is 0 Å². The Balaban J connectivity index is 2.79. The fourth-order valence-electron chi connectivity index (χ4n) is 1.66. The summed E-state index contributed by atoms with van der Waals surface area (Å²) in [7, 11) is 1.19. The molecule has 0 heterocycles. The highest BCUT2D eigenvalue weighted by Crippen LogP contribution is 2.24. The van der Waals surface area contributed by atoms with Crippen LogP contribution in [-0.4, -0.2) is 58.8 Å². The van der Waals surface area contributed by atoms with Gasteiger partial charge in [0, 0.05) is 12.0 Å². The molecule has 7 heteroatoms. The summed E-state index contributed by atoms with van der Waals surface area (Å²) in [5.41, 5.74) is 0.151. The average Bonchev–Trinajstić information content (AvgIpc) is 2.33. The Morgan fingerprint density at radius 3 is 2.56 bits per heavy atom. The zero-order valence-electron chi connectivity index (χ0n) is 10.1. The molecule has 1 aliphatic carbocycles. The molecular weight excluding hydrogens is 244 g/mol. The van der Waals surface area contributed by atoms with Crippen molar-refractivity contribution < 1.29 is 34.4 Å². The van der Waals surface area contributed by atoms with Crippen LogP contribution in [-0.2, 0) is 19.1 Å². The van der Waals surface area contributed by atoms with Gasteiger partial charge in [-0.1, -0.05) is 0 Å². The first-order valence-corrected chi connectivity index (χ1v) is 5.40. The second-order valence-corrected chi connectivity index (χ2v) is 4.02. The van der Waals surface area contributed by atoms with Crippen molar-refractivity contribution in [3.8, 4) is 0 Å². The normalized spacial score (nSPS) is 29.3. The van der Waals surface area contributed by atoms with Crippen LogP contribution >= 0.6 is 0 Å². The van der Waals surface area contributed by atoms with Gasteiger partial charge in [0.2, 0.25) is 0 Å². The molecule has 1 aliphatic rings. The van der Waals surface area contributed by atoms with E-state index in [0.29, 0.717) is 0 Å². The number of carbonyl (C=O) groups is 2. The van der Waals surface area contributed by atoms with Crippen molar-refractivity contribution in [1.29, 1.82) is 0 Å². The van der Waals surface area contributed by atoms with Crippen molar-refractivity contribution in [2.75, 3.05) is 7.11 Å². The molecule has 0 spiro atoms. The van der Waals surface area contributed by atoms with Crippen LogP contribution in [0.2, 0.25) is 0 Å². The molecule has 0 fully saturated rings. The van der Waals surface area contributed by atoms with Gasteiger partial charge in [-0.25, -0.2) is 9.59 Å². The minimum absolute atomic E-state index is 0.0114. The molecular formula is C11H16O7. The third-order valence-corrected chi connectivity index (χ3v) is 2.70. The largest absolute Gasteiger partial charge is 0.479 e. The van der Waals surface area contributed by atoms with Crippen LogP contribution in [0.15, 0.2) is 11.6 Å². The minimum atomic E-state index is -1.29. The van der Waals surface area contributed by atoms with Crippen molar-refractivity contribution >= 4 is 11.9 Å². The quantitative estimate of drug-likeness (QED) is 0.559. The van der Waals surface area contributed by atoms with Gasteiger partial charge in [0.05, 0.1) is 13.2 Å². The van der Waals surface area contributed by atoms with Gasteiger partial charge in [0.1, 0.15) is 12.2 Å². The van der Waals surface area contributed by atoms with Crippen molar-refractivity contribution in [2.24, 2.45) is 0 Å². The smallest absolute Gasteiger partial charge is 0.333 e. The fourth-order valence-corrected chi connectivity index (χ4v) is 1.66. The minimum Gasteiger partial charge on any atom is -0.479 e. The van der Waals surface area contributed by atoms with Gasteiger partial charge in [-0.2, -0.15) is 0 Å². The van der Waals surface area contributed by atoms with Crippen molar-refractivity contribution in [1.82, 2.24) is 0 Å². The monoisotopic (exact) mass is 260 g/mol. The molecule has 0 amide bonds. The molecule has 0 aromatic heterocycles. The number of aliphatic hydroxyl groups is 2. The Morgan fingerprint density at radius 2 is 2.06 bits per heavy atom. The Bertz CT molecular complexity index is 362. The summed E-state index contributed by atoms with van der Waals surface area (Å²) in [4.78, 5) is 22.0. The van der Waals surface area contributed by atoms with E-state index in [1.807, 2.05) is 0 Å². The average molecular weight is 260 g/mol. The van der Waals surface area contributed by atoms with Gasteiger partial charge in [-0.15, -0.1) is 0 Å². The van der Waals surface area contributed by atoms with Crippen LogP contribution in [0.4, 0.5) is 0 Å². The topological polar surface area (TPSA) is 113 Å². The van der Waals surface area contributed by atoms with E-state index in [2.05, 4.69) is 4.74 Å². The van der Waals surface area contributed by atoms with Crippen LogP contribution in [0.1, 0.15) is 13.3 Å². The first-order valence-electron chi connectivity index (χ1n) is 5.40. The standard InChI is InChI=1S/C11H16O7/c1-5(10(14)15)18-8-4-6(11(16)17-2)3-7(12)9(8)13/h3,5,7-9,12-13H,4H2,1-2H3,(H,14,15)/t5-,7+,8-,9+/m1/s1. The lowest BCUT2D eigenvalue weighted by atomic mass is 9.92. The summed E-state index contributed by atoms with van der Waals surface area (Å²) in [6, 6.07) is 0. The van der Waals surface area contributed by atoms with E-state index in [9.17, 15) is 19.8 Å². The zero-order chi connectivity index (χ0) is 13.9. The van der Waals surface area contributed by atoms with Gasteiger partial charge >= 0.3 is 11.9 Å². The highest BCUT2D eigenvalue weighted by Gasteiger charge is 2.35. The first kappa shape index (κ1) is 14.6. The van der Waals surface area contributed by atoms with Gasteiger partial charge in [0.15, 0.2) is 6.10 Å². The van der Waals surface area contributed by atoms with Crippen molar-refractivity contribution in [3.05, 3.63) is 11.6 Å². The lowest BCUT2D eigenvalue weighted by molar-refractivity contribution is -0.162. The zero-order valence-corrected chi connectivity index (χ0v) is 10.1. The predicted molar refractivity (Wildman–Crippen MR) is 58.7 cm³/mol. The Hall–Kier alpha value is -1.44. The summed E-state index contributed by atoms with van der Waals surface area (Å²) >= 11 is 0. The maximum Gasteiger partial charge on any atom is 0.333 e. The molecule has 4 atom stereocenters. The van der Waals surface area contributed by atoms with E-state index < -0.39 is 36.4 Å². The highest BCUT2D eigenvalue weighted by molar-refractivity contribution is 5.88. The Labute approximate surface area is 104 Å². The number of aliphatic carboxylic acids is 1. The number of carboxylic acid groups (broad SMARTS) is 1. The van der Waals surface area contributed by atoms with Gasteiger partial charge in [-0.3, -0.25) is 0 Å². The second-order valence-electron chi connectivity index (χ2n) is 4.02. The van der Waals surface area contributed by atoms with Crippen LogP contribution in [0.25, 0.3) is 0 Å². The summed E-state index contributed by atoms with van der Waals surface area (Å²) in [5, 5.41) is 27.9. The predicted octanol–water partition coefficient (Wildman–Crippen LogP) is -0.930. The number of carbonyl (C=O) groups excluding carboxylic acids is 1. The molecule has 0 saturated heterocycles. The number of aliphatic hydroxyl groups excluding tert-OH is 2. The third-order valence-electron chi connectivity index (χ3n) is 2.70. The molecule has 3 N–H and O–H groups in total. The molecule has 0 aromatic carbocycles. The van der Waals surface area contributed by atoms with E-state index in [1.54, 1.807) is 0 Å². The Morgan fingerprint density at radius 1 is 1.44 bits per heavy atom. The van der Waals surface area contributed by atoms with Crippen LogP contribution in [0, 0.1) is 0 Å². The molecule has 102 valence electrons. The van der Waals surface area contributed by atoms with Crippen LogP contribution in [0.5, 0.6) is 0 Å². The first-order chi connectivity index (χ1) is 8.36. The number of methoxy groups -OCH3 is 1. The van der Waals surface area contributed by atoms with E-state index in [4.69, 9.17) is 9.84 Å². The van der Waals surface area contributed by atoms with Gasteiger partial charge < -0.3 is 24.8 Å². The van der Waals surface area contributed by atoms with Crippen LogP contribution in [0.3, 0.4) is 0 Å². The second kappa shape index (κ2) is 5.94. The van der Waals surface area contributed by atoms with E-state index in [0.717, 1.165) is 0 Å².